The molecule has 0 fully saturated rings. The van der Waals surface area contributed by atoms with Gasteiger partial charge in [0, 0.05) is 26.6 Å². The smallest absolute Gasteiger partial charge is 0.250 e. The molecule has 1 aliphatic heterocycles. The van der Waals surface area contributed by atoms with Gasteiger partial charge in [-0.1, -0.05) is 24.3 Å². The van der Waals surface area contributed by atoms with Crippen LogP contribution in [0.3, 0.4) is 0 Å². The molecule has 0 N–H and O–H groups in total. The molecule has 1 atom stereocenters. The maximum absolute atomic E-state index is 12.8. The van der Waals surface area contributed by atoms with Crippen LogP contribution in [0.4, 0.5) is 0 Å². The van der Waals surface area contributed by atoms with E-state index in [1.165, 1.54) is 12.5 Å². The Labute approximate surface area is 120 Å². The molecule has 0 saturated heterocycles. The minimum Gasteiger partial charge on any atom is -0.341 e. The van der Waals surface area contributed by atoms with Crippen LogP contribution in [0.2, 0.25) is 0 Å². The van der Waals surface area contributed by atoms with Gasteiger partial charge >= 0.3 is 0 Å². The number of rotatable bonds is 3. The Morgan fingerprint density at radius 1 is 1.25 bits per heavy atom. The Kier molecular flexibility index (Phi) is 4.42. The highest BCUT2D eigenvalue weighted by atomic mass is 16.2. The Morgan fingerprint density at radius 3 is 2.50 bits per heavy atom. The van der Waals surface area contributed by atoms with Gasteiger partial charge in [-0.05, 0) is 31.4 Å². The van der Waals surface area contributed by atoms with Crippen LogP contribution in [0, 0.1) is 0 Å². The third kappa shape index (κ3) is 2.55. The summed E-state index contributed by atoms with van der Waals surface area (Å²) in [4.78, 5) is 28.1. The van der Waals surface area contributed by atoms with Crippen molar-refractivity contribution in [1.29, 1.82) is 0 Å². The summed E-state index contributed by atoms with van der Waals surface area (Å²) in [6, 6.07) is 7.48. The van der Waals surface area contributed by atoms with Gasteiger partial charge < -0.3 is 9.80 Å². The van der Waals surface area contributed by atoms with Gasteiger partial charge in [-0.15, -0.1) is 0 Å². The SMILES string of the molecule is CCN(CC)C(=O)C1c2ccccc2CCN1C(C)=O. The maximum Gasteiger partial charge on any atom is 0.250 e. The molecule has 1 aromatic carbocycles. The number of carbonyl (C=O) groups excluding carboxylic acids is 2. The van der Waals surface area contributed by atoms with Crippen molar-refractivity contribution < 1.29 is 9.59 Å². The van der Waals surface area contributed by atoms with E-state index in [0.29, 0.717) is 19.6 Å². The minimum absolute atomic E-state index is 0.0253. The van der Waals surface area contributed by atoms with Crippen LogP contribution in [0.15, 0.2) is 24.3 Å². The van der Waals surface area contributed by atoms with Crippen LogP contribution in [0.5, 0.6) is 0 Å². The normalized spacial score (nSPS) is 17.6. The van der Waals surface area contributed by atoms with Gasteiger partial charge in [0.25, 0.3) is 0 Å². The summed E-state index contributed by atoms with van der Waals surface area (Å²) in [5.41, 5.74) is 2.15. The van der Waals surface area contributed by atoms with E-state index in [1.54, 1.807) is 9.80 Å². The molecular weight excluding hydrogens is 252 g/mol. The fourth-order valence-electron chi connectivity index (χ4n) is 2.88. The molecule has 1 heterocycles. The van der Waals surface area contributed by atoms with Gasteiger partial charge in [0.15, 0.2) is 0 Å². The van der Waals surface area contributed by atoms with Crippen molar-refractivity contribution in [3.63, 3.8) is 0 Å². The summed E-state index contributed by atoms with van der Waals surface area (Å²) in [6.45, 7) is 7.42. The molecule has 2 rings (SSSR count). The summed E-state index contributed by atoms with van der Waals surface area (Å²) >= 11 is 0. The molecule has 4 heteroatoms. The zero-order chi connectivity index (χ0) is 14.7. The molecule has 0 bridgehead atoms. The Hall–Kier alpha value is -1.84. The molecule has 1 unspecified atom stereocenters. The Balaban J connectivity index is 2.43. The molecule has 0 aliphatic carbocycles. The number of hydrogen-bond acceptors (Lipinski definition) is 2. The van der Waals surface area contributed by atoms with Gasteiger partial charge in [-0.2, -0.15) is 0 Å². The first-order valence-corrected chi connectivity index (χ1v) is 7.23. The zero-order valence-electron chi connectivity index (χ0n) is 12.4. The molecule has 0 spiro atoms. The van der Waals surface area contributed by atoms with Gasteiger partial charge in [0.1, 0.15) is 6.04 Å². The van der Waals surface area contributed by atoms with Crippen molar-refractivity contribution in [2.45, 2.75) is 33.2 Å². The average molecular weight is 274 g/mol. The first kappa shape index (κ1) is 14.6. The van der Waals surface area contributed by atoms with Crippen molar-refractivity contribution in [1.82, 2.24) is 9.80 Å². The predicted molar refractivity (Wildman–Crippen MR) is 78.2 cm³/mol. The van der Waals surface area contributed by atoms with Crippen LogP contribution in [-0.4, -0.2) is 41.2 Å². The van der Waals surface area contributed by atoms with Gasteiger partial charge in [0.05, 0.1) is 0 Å². The third-order valence-corrected chi connectivity index (χ3v) is 4.00. The number of benzene rings is 1. The molecule has 1 aromatic rings. The number of fused-ring (bicyclic) bond motifs is 1. The fraction of sp³-hybridized carbons (Fsp3) is 0.500. The van der Waals surface area contributed by atoms with Crippen LogP contribution >= 0.6 is 0 Å². The molecule has 4 nitrogen and oxygen atoms in total. The molecule has 0 aromatic heterocycles. The van der Waals surface area contributed by atoms with E-state index in [9.17, 15) is 9.59 Å². The second-order valence-electron chi connectivity index (χ2n) is 5.07. The lowest BCUT2D eigenvalue weighted by atomic mass is 9.91. The van der Waals surface area contributed by atoms with E-state index >= 15 is 0 Å². The lowest BCUT2D eigenvalue weighted by molar-refractivity contribution is -0.145. The molecular formula is C16H22N2O2. The van der Waals surface area contributed by atoms with Crippen LogP contribution in [0.25, 0.3) is 0 Å². The molecule has 108 valence electrons. The van der Waals surface area contributed by atoms with Gasteiger partial charge in [0.2, 0.25) is 11.8 Å². The van der Waals surface area contributed by atoms with Crippen molar-refractivity contribution >= 4 is 11.8 Å². The summed E-state index contributed by atoms with van der Waals surface area (Å²) in [6.07, 6.45) is 0.817. The zero-order valence-corrected chi connectivity index (χ0v) is 12.4. The first-order valence-electron chi connectivity index (χ1n) is 7.23. The number of likely N-dealkylation sites (N-methyl/N-ethyl adjacent to an activating group) is 1. The number of amides is 2. The maximum atomic E-state index is 12.8. The lowest BCUT2D eigenvalue weighted by Crippen LogP contribution is -2.47. The van der Waals surface area contributed by atoms with E-state index in [0.717, 1.165) is 12.0 Å². The second kappa shape index (κ2) is 6.07. The first-order chi connectivity index (χ1) is 9.60. The van der Waals surface area contributed by atoms with Crippen molar-refractivity contribution in [2.75, 3.05) is 19.6 Å². The minimum atomic E-state index is -0.461. The monoisotopic (exact) mass is 274 g/mol. The highest BCUT2D eigenvalue weighted by Crippen LogP contribution is 2.31. The van der Waals surface area contributed by atoms with Crippen molar-refractivity contribution in [2.24, 2.45) is 0 Å². The van der Waals surface area contributed by atoms with E-state index in [4.69, 9.17) is 0 Å². The summed E-state index contributed by atoms with van der Waals surface area (Å²) in [5, 5.41) is 0. The quantitative estimate of drug-likeness (QED) is 0.846. The average Bonchev–Trinajstić information content (AvgIpc) is 2.46. The second-order valence-corrected chi connectivity index (χ2v) is 5.07. The fourth-order valence-corrected chi connectivity index (χ4v) is 2.88. The van der Waals surface area contributed by atoms with Gasteiger partial charge in [-0.3, -0.25) is 9.59 Å². The van der Waals surface area contributed by atoms with E-state index < -0.39 is 6.04 Å². The van der Waals surface area contributed by atoms with Crippen LogP contribution in [0.1, 0.15) is 37.9 Å². The van der Waals surface area contributed by atoms with E-state index in [2.05, 4.69) is 6.07 Å². The van der Waals surface area contributed by atoms with Gasteiger partial charge in [-0.25, -0.2) is 0 Å². The third-order valence-electron chi connectivity index (χ3n) is 4.00. The molecule has 20 heavy (non-hydrogen) atoms. The largest absolute Gasteiger partial charge is 0.341 e. The summed E-state index contributed by atoms with van der Waals surface area (Å²) in [7, 11) is 0. The van der Waals surface area contributed by atoms with Crippen LogP contribution < -0.4 is 0 Å². The summed E-state index contributed by atoms with van der Waals surface area (Å²) < 4.78 is 0. The molecule has 0 radical (unpaired) electrons. The number of carbonyl (C=O) groups is 2. The number of hydrogen-bond donors (Lipinski definition) is 0. The predicted octanol–water partition coefficient (Wildman–Crippen LogP) is 2.00. The highest BCUT2D eigenvalue weighted by Gasteiger charge is 2.36. The lowest BCUT2D eigenvalue weighted by Gasteiger charge is -2.38. The van der Waals surface area contributed by atoms with Crippen molar-refractivity contribution in [3.05, 3.63) is 35.4 Å². The van der Waals surface area contributed by atoms with Crippen molar-refractivity contribution in [3.8, 4) is 0 Å². The van der Waals surface area contributed by atoms with E-state index in [-0.39, 0.29) is 11.8 Å². The van der Waals surface area contributed by atoms with Crippen LogP contribution in [-0.2, 0) is 16.0 Å². The summed E-state index contributed by atoms with van der Waals surface area (Å²) in [5.74, 6) is -0.0117. The number of nitrogens with zero attached hydrogens (tertiary/aromatic N) is 2. The molecule has 1 aliphatic rings. The highest BCUT2D eigenvalue weighted by molar-refractivity contribution is 5.89. The molecule has 2 amide bonds. The standard InChI is InChI=1S/C16H22N2O2/c1-4-17(5-2)16(20)15-14-9-7-6-8-13(14)10-11-18(15)12(3)19/h6-9,15H,4-5,10-11H2,1-3H3. The topological polar surface area (TPSA) is 40.6 Å². The Morgan fingerprint density at radius 2 is 1.90 bits per heavy atom. The molecule has 0 saturated carbocycles. The van der Waals surface area contributed by atoms with E-state index in [1.807, 2.05) is 32.0 Å². The Bertz CT molecular complexity index is 509.